The zero-order valence-corrected chi connectivity index (χ0v) is 17.2. The van der Waals surface area contributed by atoms with Crippen LogP contribution in [-0.2, 0) is 9.59 Å². The van der Waals surface area contributed by atoms with Crippen molar-refractivity contribution >= 4 is 34.9 Å². The minimum absolute atomic E-state index is 0.0171. The Morgan fingerprint density at radius 3 is 2.58 bits per heavy atom. The van der Waals surface area contributed by atoms with Crippen LogP contribution in [0.15, 0.2) is 58.6 Å². The van der Waals surface area contributed by atoms with Crippen molar-refractivity contribution in [3.63, 3.8) is 0 Å². The van der Waals surface area contributed by atoms with Crippen molar-refractivity contribution in [3.8, 4) is 5.75 Å². The van der Waals surface area contributed by atoms with E-state index in [1.54, 1.807) is 13.0 Å². The van der Waals surface area contributed by atoms with Crippen molar-refractivity contribution in [2.45, 2.75) is 13.0 Å². The van der Waals surface area contributed by atoms with Crippen LogP contribution in [0.1, 0.15) is 22.9 Å². The number of ketones is 1. The number of carbonyl (C=O) groups excluding carboxylic acids is 2. The quantitative estimate of drug-likeness (QED) is 0.365. The molecule has 0 spiro atoms. The topological polar surface area (TPSA) is 92.9 Å². The lowest BCUT2D eigenvalue weighted by molar-refractivity contribution is -0.132. The van der Waals surface area contributed by atoms with Crippen molar-refractivity contribution in [1.82, 2.24) is 5.16 Å². The first-order chi connectivity index (χ1) is 14.8. The van der Waals surface area contributed by atoms with Crippen molar-refractivity contribution < 1.29 is 28.3 Å². The zero-order chi connectivity index (χ0) is 22.3. The number of carbonyl (C=O) groups is 2. The monoisotopic (exact) mass is 442 g/mol. The number of hydrogen-bond donors (Lipinski definition) is 1. The smallest absolute Gasteiger partial charge is 0.301 e. The summed E-state index contributed by atoms with van der Waals surface area (Å²) in [5, 5.41) is 15.0. The van der Waals surface area contributed by atoms with Gasteiger partial charge in [0, 0.05) is 17.2 Å². The van der Waals surface area contributed by atoms with Gasteiger partial charge in [-0.05, 0) is 31.2 Å². The molecule has 1 aromatic heterocycles. The molecule has 1 atom stereocenters. The summed E-state index contributed by atoms with van der Waals surface area (Å²) in [7, 11) is 1.43. The maximum Gasteiger partial charge on any atom is 0.301 e. The third-order valence-corrected chi connectivity index (χ3v) is 5.23. The van der Waals surface area contributed by atoms with E-state index in [-0.39, 0.29) is 27.5 Å². The molecule has 0 bridgehead atoms. The fourth-order valence-corrected chi connectivity index (χ4v) is 3.75. The molecule has 9 heteroatoms. The van der Waals surface area contributed by atoms with Crippen LogP contribution in [0.25, 0.3) is 5.76 Å². The van der Waals surface area contributed by atoms with Crippen LogP contribution < -0.4 is 9.64 Å². The van der Waals surface area contributed by atoms with Crippen LogP contribution in [0.3, 0.4) is 0 Å². The molecule has 0 aliphatic carbocycles. The Bertz CT molecular complexity index is 1240. The van der Waals surface area contributed by atoms with Crippen LogP contribution >= 0.6 is 11.6 Å². The number of amides is 1. The molecule has 7 nitrogen and oxygen atoms in total. The lowest BCUT2D eigenvalue weighted by Gasteiger charge is -2.23. The summed E-state index contributed by atoms with van der Waals surface area (Å²) in [6, 6.07) is 10.2. The number of aromatic nitrogens is 1. The maximum absolute atomic E-state index is 14.8. The molecule has 2 aromatic carbocycles. The average Bonchev–Trinajstić information content (AvgIpc) is 3.28. The molecule has 1 aliphatic rings. The summed E-state index contributed by atoms with van der Waals surface area (Å²) in [6.07, 6.45) is 0. The van der Waals surface area contributed by atoms with E-state index < -0.39 is 29.3 Å². The largest absolute Gasteiger partial charge is 0.507 e. The van der Waals surface area contributed by atoms with Gasteiger partial charge in [-0.1, -0.05) is 35.0 Å². The Kier molecular flexibility index (Phi) is 5.24. The predicted octanol–water partition coefficient (Wildman–Crippen LogP) is 4.41. The number of aryl methyl sites for hydroxylation is 1. The van der Waals surface area contributed by atoms with Crippen LogP contribution in [0.2, 0.25) is 5.02 Å². The minimum Gasteiger partial charge on any atom is -0.507 e. The number of rotatable bonds is 4. The fourth-order valence-electron chi connectivity index (χ4n) is 3.50. The van der Waals surface area contributed by atoms with Crippen LogP contribution in [0, 0.1) is 12.7 Å². The van der Waals surface area contributed by atoms with Gasteiger partial charge in [0.25, 0.3) is 5.78 Å². The van der Waals surface area contributed by atoms with Crippen molar-refractivity contribution in [2.75, 3.05) is 12.0 Å². The van der Waals surface area contributed by atoms with Crippen LogP contribution in [0.5, 0.6) is 5.75 Å². The fraction of sp³-hybridized carbons (Fsp3) is 0.136. The summed E-state index contributed by atoms with van der Waals surface area (Å²) >= 11 is 6.15. The minimum atomic E-state index is -1.26. The van der Waals surface area contributed by atoms with Crippen molar-refractivity contribution in [1.29, 1.82) is 0 Å². The molecule has 31 heavy (non-hydrogen) atoms. The second kappa shape index (κ2) is 7.88. The van der Waals surface area contributed by atoms with E-state index >= 15 is 0 Å². The number of anilines is 1. The van der Waals surface area contributed by atoms with E-state index in [1.807, 2.05) is 0 Å². The number of ether oxygens (including phenoxy) is 1. The molecule has 4 rings (SSSR count). The molecule has 0 saturated carbocycles. The summed E-state index contributed by atoms with van der Waals surface area (Å²) in [5.74, 6) is -2.33. The van der Waals surface area contributed by atoms with Gasteiger partial charge in [-0.25, -0.2) is 4.39 Å². The molecule has 3 aromatic rings. The highest BCUT2D eigenvalue weighted by Crippen LogP contribution is 2.43. The molecule has 1 unspecified atom stereocenters. The predicted molar refractivity (Wildman–Crippen MR) is 110 cm³/mol. The second-order valence-corrected chi connectivity index (χ2v) is 7.24. The van der Waals surface area contributed by atoms with Crippen LogP contribution in [0.4, 0.5) is 10.2 Å². The lowest BCUT2D eigenvalue weighted by Crippen LogP contribution is -2.30. The first-order valence-electron chi connectivity index (χ1n) is 9.16. The van der Waals surface area contributed by atoms with Gasteiger partial charge in [0.1, 0.15) is 23.1 Å². The molecule has 1 amide bonds. The standard InChI is InChI=1S/C22H16ClFN2O5/c1-11-9-17(25-31-11)26-19(13-5-3-4-6-15(13)24)18(21(28)22(26)29)20(27)12-7-8-16(30-2)14(23)10-12/h3-10,19,27H,1-2H3. The maximum atomic E-state index is 14.8. The van der Waals surface area contributed by atoms with Crippen LogP contribution in [-0.4, -0.2) is 29.1 Å². The Balaban J connectivity index is 1.96. The van der Waals surface area contributed by atoms with E-state index in [0.29, 0.717) is 11.5 Å². The number of methoxy groups -OCH3 is 1. The van der Waals surface area contributed by atoms with Gasteiger partial charge in [0.05, 0.1) is 23.7 Å². The second-order valence-electron chi connectivity index (χ2n) is 6.84. The van der Waals surface area contributed by atoms with Crippen molar-refractivity contribution in [2.24, 2.45) is 0 Å². The van der Waals surface area contributed by atoms with Gasteiger partial charge in [-0.2, -0.15) is 0 Å². The van der Waals surface area contributed by atoms with E-state index in [0.717, 1.165) is 4.90 Å². The zero-order valence-electron chi connectivity index (χ0n) is 16.4. The van der Waals surface area contributed by atoms with Gasteiger partial charge in [0.15, 0.2) is 5.82 Å². The number of hydrogen-bond acceptors (Lipinski definition) is 6. The molecular formula is C22H16ClFN2O5. The number of Topliss-reactive ketones (excluding diaryl/α,β-unsaturated/α-hetero) is 1. The Labute approximate surface area is 181 Å². The van der Waals surface area contributed by atoms with E-state index in [1.165, 1.54) is 49.6 Å². The number of aliphatic hydroxyl groups is 1. The highest BCUT2D eigenvalue weighted by Gasteiger charge is 2.48. The lowest BCUT2D eigenvalue weighted by atomic mass is 9.95. The van der Waals surface area contributed by atoms with Gasteiger partial charge in [-0.15, -0.1) is 0 Å². The van der Waals surface area contributed by atoms with E-state index in [2.05, 4.69) is 5.16 Å². The SMILES string of the molecule is COc1ccc(C(O)=C2C(=O)C(=O)N(c3cc(C)on3)C2c2ccccc2F)cc1Cl. The highest BCUT2D eigenvalue weighted by atomic mass is 35.5. The third kappa shape index (κ3) is 3.44. The number of nitrogens with zero attached hydrogens (tertiary/aromatic N) is 2. The molecule has 1 N–H and O–H groups in total. The van der Waals surface area contributed by atoms with Crippen molar-refractivity contribution in [3.05, 3.63) is 81.8 Å². The molecule has 1 fully saturated rings. The first kappa shape index (κ1) is 20.6. The molecule has 1 saturated heterocycles. The van der Waals surface area contributed by atoms with Gasteiger partial charge in [-0.3, -0.25) is 14.5 Å². The highest BCUT2D eigenvalue weighted by molar-refractivity contribution is 6.51. The van der Waals surface area contributed by atoms with Gasteiger partial charge in [0.2, 0.25) is 0 Å². The third-order valence-electron chi connectivity index (χ3n) is 4.93. The Morgan fingerprint density at radius 1 is 1.23 bits per heavy atom. The number of benzene rings is 2. The van der Waals surface area contributed by atoms with Gasteiger partial charge >= 0.3 is 5.91 Å². The molecule has 2 heterocycles. The Morgan fingerprint density at radius 2 is 1.97 bits per heavy atom. The Hall–Kier alpha value is -3.65. The summed E-state index contributed by atoms with van der Waals surface area (Å²) in [6.45, 7) is 1.62. The number of aliphatic hydroxyl groups excluding tert-OH is 1. The summed E-state index contributed by atoms with van der Waals surface area (Å²) in [4.78, 5) is 26.9. The summed E-state index contributed by atoms with van der Waals surface area (Å²) < 4.78 is 24.9. The van der Waals surface area contributed by atoms with E-state index in [4.69, 9.17) is 20.9 Å². The summed E-state index contributed by atoms with van der Waals surface area (Å²) in [5.41, 5.74) is -0.109. The first-order valence-corrected chi connectivity index (χ1v) is 9.54. The number of halogens is 2. The normalized spacial score (nSPS) is 17.9. The molecular weight excluding hydrogens is 427 g/mol. The average molecular weight is 443 g/mol. The molecule has 158 valence electrons. The van der Waals surface area contributed by atoms with Gasteiger partial charge < -0.3 is 14.4 Å². The van der Waals surface area contributed by atoms with E-state index in [9.17, 15) is 19.1 Å². The molecule has 0 radical (unpaired) electrons. The molecule has 1 aliphatic heterocycles.